The highest BCUT2D eigenvalue weighted by Gasteiger charge is 2.36. The van der Waals surface area contributed by atoms with Crippen molar-refractivity contribution in [1.82, 2.24) is 10.8 Å². The lowest BCUT2D eigenvalue weighted by Crippen LogP contribution is -2.49. The van der Waals surface area contributed by atoms with Crippen molar-refractivity contribution in [3.63, 3.8) is 0 Å². The van der Waals surface area contributed by atoms with Crippen molar-refractivity contribution >= 4 is 38.5 Å². The number of hydrogen-bond acceptors (Lipinski definition) is 7. The minimum atomic E-state index is -4.41. The Bertz CT molecular complexity index is 1680. The quantitative estimate of drug-likeness (QED) is 0.0742. The molecule has 1 heterocycles. The molecule has 3 atom stereocenters. The summed E-state index contributed by atoms with van der Waals surface area (Å²) in [5.41, 5.74) is 3.03. The van der Waals surface area contributed by atoms with Crippen molar-refractivity contribution in [2.24, 2.45) is 17.8 Å². The second kappa shape index (κ2) is 13.8. The number of benzene rings is 3. The van der Waals surface area contributed by atoms with E-state index in [1.165, 1.54) is 36.6 Å². The molecule has 1 unspecified atom stereocenters. The van der Waals surface area contributed by atoms with Gasteiger partial charge in [-0.2, -0.15) is 8.42 Å². The van der Waals surface area contributed by atoms with Crippen LogP contribution in [0.5, 0.6) is 0 Å². The smallest absolute Gasteiger partial charge is 0.294 e. The minimum absolute atomic E-state index is 0.00598. The second-order valence-electron chi connectivity index (χ2n) is 10.9. The summed E-state index contributed by atoms with van der Waals surface area (Å²) in [7, 11) is -4.41. The summed E-state index contributed by atoms with van der Waals surface area (Å²) in [5, 5.41) is 14.4. The van der Waals surface area contributed by atoms with Gasteiger partial charge < -0.3 is 9.73 Å². The number of fused-ring (bicyclic) bond motifs is 1. The summed E-state index contributed by atoms with van der Waals surface area (Å²) in [6.45, 7) is 3.82. The number of hydrogen-bond donors (Lipinski definition) is 4. The van der Waals surface area contributed by atoms with Crippen LogP contribution in [-0.2, 0) is 32.5 Å². The average molecular weight is 607 g/mol. The Hall–Kier alpha value is -4.32. The third kappa shape index (κ3) is 8.16. The molecule has 4 N–H and O–H groups in total. The molecule has 0 saturated carbocycles. The molecule has 0 fully saturated rings. The van der Waals surface area contributed by atoms with Crippen LogP contribution in [0.3, 0.4) is 0 Å². The zero-order chi connectivity index (χ0) is 31.1. The molecule has 226 valence electrons. The zero-order valence-corrected chi connectivity index (χ0v) is 24.6. The second-order valence-corrected chi connectivity index (χ2v) is 12.4. The molecular weight excluding hydrogens is 572 g/mol. The first-order valence-electron chi connectivity index (χ1n) is 13.8. The van der Waals surface area contributed by atoms with Crippen LogP contribution < -0.4 is 10.8 Å². The summed E-state index contributed by atoms with van der Waals surface area (Å²) in [5.74, 6) is -3.64. The van der Waals surface area contributed by atoms with Crippen molar-refractivity contribution < 1.29 is 37.0 Å². The van der Waals surface area contributed by atoms with Crippen LogP contribution in [0, 0.1) is 17.8 Å². The van der Waals surface area contributed by atoms with E-state index in [2.05, 4.69) is 5.32 Å². The van der Waals surface area contributed by atoms with Gasteiger partial charge in [-0.15, -0.1) is 0 Å². The highest BCUT2D eigenvalue weighted by atomic mass is 32.2. The van der Waals surface area contributed by atoms with Crippen LogP contribution in [0.25, 0.3) is 10.8 Å². The largest absolute Gasteiger partial charge is 0.461 e. The molecule has 0 saturated heterocycles. The van der Waals surface area contributed by atoms with Crippen LogP contribution in [-0.4, -0.2) is 41.8 Å². The number of nitrogens with one attached hydrogen (secondary N) is 2. The van der Waals surface area contributed by atoms with E-state index in [9.17, 15) is 32.6 Å². The van der Waals surface area contributed by atoms with E-state index in [4.69, 9.17) is 4.42 Å². The number of ketones is 1. The van der Waals surface area contributed by atoms with Crippen LogP contribution >= 0.6 is 0 Å². The molecule has 4 aromatic rings. The van der Waals surface area contributed by atoms with Crippen LogP contribution in [0.4, 0.5) is 0 Å². The summed E-state index contributed by atoms with van der Waals surface area (Å²) in [6, 6.07) is 20.7. The molecule has 0 radical (unpaired) electrons. The summed E-state index contributed by atoms with van der Waals surface area (Å²) in [6.07, 6.45) is 1.77. The molecule has 43 heavy (non-hydrogen) atoms. The van der Waals surface area contributed by atoms with E-state index in [0.29, 0.717) is 12.0 Å². The molecular formula is C32H34N2O8S. The van der Waals surface area contributed by atoms with E-state index in [1.54, 1.807) is 11.5 Å². The lowest BCUT2D eigenvalue weighted by molar-refractivity contribution is -0.141. The maximum atomic E-state index is 13.9. The molecule has 0 aliphatic rings. The first-order valence-corrected chi connectivity index (χ1v) is 15.3. The van der Waals surface area contributed by atoms with Gasteiger partial charge in [-0.25, -0.2) is 5.48 Å². The molecule has 2 amide bonds. The minimum Gasteiger partial charge on any atom is -0.461 e. The number of hydroxylamine groups is 1. The van der Waals surface area contributed by atoms with Crippen molar-refractivity contribution in [1.29, 1.82) is 0 Å². The maximum Gasteiger partial charge on any atom is 0.294 e. The van der Waals surface area contributed by atoms with Gasteiger partial charge in [0.05, 0.1) is 29.0 Å². The average Bonchev–Trinajstić information content (AvgIpc) is 3.52. The van der Waals surface area contributed by atoms with Crippen LogP contribution in [0.1, 0.15) is 41.9 Å². The number of carbonyl (C=O) groups excluding carboxylic acids is 3. The SMILES string of the molecule is CC(C)C[C@@H](C(=O)N[C@@H](Cc1ccc(S(=O)(=O)O)cc1)C(=O)c1ccco1)C(Cc1ccc2ccccc2c1)C(=O)NO. The van der Waals surface area contributed by atoms with Gasteiger partial charge in [0.15, 0.2) is 5.76 Å². The molecule has 4 rings (SSSR count). The number of rotatable bonds is 13. The molecule has 0 bridgehead atoms. The number of amides is 2. The normalized spacial score (nSPS) is 13.8. The van der Waals surface area contributed by atoms with E-state index in [0.717, 1.165) is 16.3 Å². The zero-order valence-electron chi connectivity index (χ0n) is 23.8. The first kappa shape index (κ1) is 31.6. The summed E-state index contributed by atoms with van der Waals surface area (Å²) >= 11 is 0. The fraction of sp³-hybridized carbons (Fsp3) is 0.281. The van der Waals surface area contributed by atoms with E-state index in [-0.39, 0.29) is 29.4 Å². The van der Waals surface area contributed by atoms with Gasteiger partial charge in [0.2, 0.25) is 17.6 Å². The fourth-order valence-electron chi connectivity index (χ4n) is 5.19. The van der Waals surface area contributed by atoms with Crippen LogP contribution in [0.15, 0.2) is 94.4 Å². The van der Waals surface area contributed by atoms with Gasteiger partial charge in [0.25, 0.3) is 10.1 Å². The topological polar surface area (TPSA) is 163 Å². The monoisotopic (exact) mass is 606 g/mol. The van der Waals surface area contributed by atoms with Gasteiger partial charge in [-0.1, -0.05) is 68.4 Å². The Morgan fingerprint density at radius 2 is 1.49 bits per heavy atom. The Kier molecular flexibility index (Phi) is 10.1. The first-order chi connectivity index (χ1) is 20.5. The van der Waals surface area contributed by atoms with Crippen molar-refractivity contribution in [3.8, 4) is 0 Å². The van der Waals surface area contributed by atoms with Gasteiger partial charge in [-0.05, 0) is 64.9 Å². The number of Topliss-reactive ketones (excluding diaryl/α,β-unsaturated/α-hetero) is 1. The summed E-state index contributed by atoms with van der Waals surface area (Å²) in [4.78, 5) is 40.1. The molecule has 10 nitrogen and oxygen atoms in total. The molecule has 3 aromatic carbocycles. The molecule has 0 spiro atoms. The predicted octanol–water partition coefficient (Wildman–Crippen LogP) is 4.62. The van der Waals surface area contributed by atoms with E-state index in [1.807, 2.05) is 56.3 Å². The molecule has 1 aromatic heterocycles. The Balaban J connectivity index is 1.64. The predicted molar refractivity (Wildman–Crippen MR) is 159 cm³/mol. The van der Waals surface area contributed by atoms with Gasteiger partial charge >= 0.3 is 0 Å². The molecule has 11 heteroatoms. The lowest BCUT2D eigenvalue weighted by Gasteiger charge is -2.28. The van der Waals surface area contributed by atoms with E-state index >= 15 is 0 Å². The number of furan rings is 1. The fourth-order valence-corrected chi connectivity index (χ4v) is 5.67. The van der Waals surface area contributed by atoms with Crippen LogP contribution in [0.2, 0.25) is 0 Å². The summed E-state index contributed by atoms with van der Waals surface area (Å²) < 4.78 is 37.5. The lowest BCUT2D eigenvalue weighted by atomic mass is 9.80. The third-order valence-corrected chi connectivity index (χ3v) is 8.19. The van der Waals surface area contributed by atoms with Crippen molar-refractivity contribution in [2.45, 2.75) is 44.0 Å². The molecule has 0 aliphatic carbocycles. The van der Waals surface area contributed by atoms with Gasteiger partial charge in [0.1, 0.15) is 0 Å². The third-order valence-electron chi connectivity index (χ3n) is 7.32. The van der Waals surface area contributed by atoms with E-state index < -0.39 is 45.6 Å². The van der Waals surface area contributed by atoms with Crippen molar-refractivity contribution in [2.75, 3.05) is 0 Å². The maximum absolute atomic E-state index is 13.9. The Morgan fingerprint density at radius 3 is 2.09 bits per heavy atom. The Labute approximate surface area is 249 Å². The Morgan fingerprint density at radius 1 is 0.814 bits per heavy atom. The van der Waals surface area contributed by atoms with Crippen molar-refractivity contribution in [3.05, 3.63) is 102 Å². The standard InChI is InChI=1S/C32H34N2O8S/c1-20(2)16-26(27(32(37)34-38)18-22-9-12-23-6-3-4-7-24(23)17-22)31(36)33-28(30(35)29-8-5-15-42-29)19-21-10-13-25(14-11-21)43(39,40)41/h3-15,17,20,26-28,38H,16,18-19H2,1-2H3,(H,33,36)(H,34,37)(H,39,40,41)/t26-,27?,28+/m1/s1. The van der Waals surface area contributed by atoms with Gasteiger partial charge in [0, 0.05) is 6.42 Å². The highest BCUT2D eigenvalue weighted by Crippen LogP contribution is 2.27. The molecule has 0 aliphatic heterocycles. The highest BCUT2D eigenvalue weighted by molar-refractivity contribution is 7.85. The van der Waals surface area contributed by atoms with Gasteiger partial charge in [-0.3, -0.25) is 24.1 Å². The number of carbonyl (C=O) groups is 3.